The Morgan fingerprint density at radius 2 is 1.16 bits per heavy atom. The molecule has 0 unspecified atom stereocenters. The van der Waals surface area contributed by atoms with E-state index in [0.29, 0.717) is 6.61 Å². The van der Waals surface area contributed by atoms with Crippen LogP contribution in [0.4, 0.5) is 0 Å². The van der Waals surface area contributed by atoms with Crippen LogP contribution in [0.25, 0.3) is 0 Å². The number of hydrogen-bond donors (Lipinski definition) is 0. The Morgan fingerprint density at radius 3 is 1.62 bits per heavy atom. The number of hydrogen-bond acceptors (Lipinski definition) is 5. The summed E-state index contributed by atoms with van der Waals surface area (Å²) in [6, 6.07) is 0. The first-order valence-corrected chi connectivity index (χ1v) is 11.6. The lowest BCUT2D eigenvalue weighted by atomic mass is 10.0. The molecule has 0 aliphatic carbocycles. The van der Waals surface area contributed by atoms with Gasteiger partial charge in [-0.25, -0.2) is 0 Å². The molecule has 5 nitrogen and oxygen atoms in total. The molecule has 0 aromatic rings. The van der Waals surface area contributed by atoms with Crippen LogP contribution in [0, 0.1) is 0 Å². The highest BCUT2D eigenvalue weighted by molar-refractivity contribution is 5.67. The minimum absolute atomic E-state index is 0.00581. The standard InChI is InChI=1S/C27H44O5/c1-21(2)11-8-12-22(3)13-9-14-23(4)15-10-16-24(5)17-18-30-19-27(32-26(7)29)20-31-25(6)28/h11,13,15,17,27H,8-10,12,14,16,18-20H2,1-7H3/b22-13+,23-15+,24-17+/t27-/m0/s1. The smallest absolute Gasteiger partial charge is 0.303 e. The van der Waals surface area contributed by atoms with Gasteiger partial charge in [0.25, 0.3) is 0 Å². The molecule has 0 bridgehead atoms. The van der Waals surface area contributed by atoms with E-state index in [1.807, 2.05) is 6.08 Å². The lowest BCUT2D eigenvalue weighted by Gasteiger charge is -2.16. The second kappa shape index (κ2) is 18.4. The average molecular weight is 449 g/mol. The van der Waals surface area contributed by atoms with Gasteiger partial charge in [0.1, 0.15) is 6.61 Å². The quantitative estimate of drug-likeness (QED) is 0.150. The predicted molar refractivity (Wildman–Crippen MR) is 131 cm³/mol. The fourth-order valence-corrected chi connectivity index (χ4v) is 2.95. The highest BCUT2D eigenvalue weighted by atomic mass is 16.6. The van der Waals surface area contributed by atoms with Crippen molar-refractivity contribution >= 4 is 11.9 Å². The van der Waals surface area contributed by atoms with Crippen molar-refractivity contribution in [3.63, 3.8) is 0 Å². The van der Waals surface area contributed by atoms with Gasteiger partial charge in [-0.1, -0.05) is 46.6 Å². The highest BCUT2D eigenvalue weighted by Gasteiger charge is 2.14. The van der Waals surface area contributed by atoms with Crippen LogP contribution in [0.3, 0.4) is 0 Å². The van der Waals surface area contributed by atoms with Gasteiger partial charge in [0, 0.05) is 13.8 Å². The molecule has 0 saturated carbocycles. The van der Waals surface area contributed by atoms with Gasteiger partial charge in [-0.15, -0.1) is 0 Å². The monoisotopic (exact) mass is 448 g/mol. The first-order chi connectivity index (χ1) is 15.1. The van der Waals surface area contributed by atoms with Crippen LogP contribution in [0.15, 0.2) is 46.6 Å². The topological polar surface area (TPSA) is 61.8 Å². The maximum atomic E-state index is 11.1. The third-order valence-electron chi connectivity index (χ3n) is 4.81. The molecule has 0 aromatic carbocycles. The van der Waals surface area contributed by atoms with Gasteiger partial charge in [-0.05, 0) is 73.1 Å². The third kappa shape index (κ3) is 19.8. The molecule has 0 N–H and O–H groups in total. The molecule has 32 heavy (non-hydrogen) atoms. The summed E-state index contributed by atoms with van der Waals surface area (Å²) >= 11 is 0. The molecule has 182 valence electrons. The molecule has 0 heterocycles. The van der Waals surface area contributed by atoms with Gasteiger partial charge < -0.3 is 14.2 Å². The Morgan fingerprint density at radius 1 is 0.656 bits per heavy atom. The maximum absolute atomic E-state index is 11.1. The summed E-state index contributed by atoms with van der Waals surface area (Å²) in [5.74, 6) is -0.833. The molecule has 0 aliphatic rings. The van der Waals surface area contributed by atoms with E-state index >= 15 is 0 Å². The first-order valence-electron chi connectivity index (χ1n) is 11.6. The van der Waals surface area contributed by atoms with Crippen LogP contribution in [0.5, 0.6) is 0 Å². The van der Waals surface area contributed by atoms with Crippen molar-refractivity contribution in [2.45, 2.75) is 93.1 Å². The van der Waals surface area contributed by atoms with Crippen molar-refractivity contribution in [1.29, 1.82) is 0 Å². The second-order valence-electron chi connectivity index (χ2n) is 8.62. The zero-order valence-electron chi connectivity index (χ0n) is 21.3. The highest BCUT2D eigenvalue weighted by Crippen LogP contribution is 2.13. The van der Waals surface area contributed by atoms with Crippen LogP contribution in [0.1, 0.15) is 87.0 Å². The van der Waals surface area contributed by atoms with Crippen molar-refractivity contribution in [1.82, 2.24) is 0 Å². The Balaban J connectivity index is 4.17. The molecule has 1 atom stereocenters. The number of esters is 2. The maximum Gasteiger partial charge on any atom is 0.303 e. The van der Waals surface area contributed by atoms with Crippen molar-refractivity contribution in [2.75, 3.05) is 19.8 Å². The summed E-state index contributed by atoms with van der Waals surface area (Å²) in [4.78, 5) is 22.1. The van der Waals surface area contributed by atoms with Crippen LogP contribution < -0.4 is 0 Å². The molecule has 0 radical (unpaired) electrons. The largest absolute Gasteiger partial charge is 0.462 e. The van der Waals surface area contributed by atoms with Crippen LogP contribution in [-0.2, 0) is 23.8 Å². The number of rotatable bonds is 16. The zero-order chi connectivity index (χ0) is 24.4. The average Bonchev–Trinajstić information content (AvgIpc) is 2.68. The van der Waals surface area contributed by atoms with E-state index in [1.165, 1.54) is 36.1 Å². The van der Waals surface area contributed by atoms with Gasteiger partial charge in [0.2, 0.25) is 0 Å². The number of allylic oxidation sites excluding steroid dienone is 7. The summed E-state index contributed by atoms with van der Waals surface area (Å²) in [6.07, 6.45) is 14.9. The van der Waals surface area contributed by atoms with E-state index in [0.717, 1.165) is 38.5 Å². The van der Waals surface area contributed by atoms with Crippen LogP contribution in [0.2, 0.25) is 0 Å². The molecule has 0 aliphatic heterocycles. The Kier molecular flexibility index (Phi) is 17.2. The lowest BCUT2D eigenvalue weighted by molar-refractivity contribution is -0.159. The zero-order valence-corrected chi connectivity index (χ0v) is 21.3. The molecule has 0 saturated heterocycles. The van der Waals surface area contributed by atoms with E-state index in [2.05, 4.69) is 52.8 Å². The summed E-state index contributed by atoms with van der Waals surface area (Å²) in [7, 11) is 0. The summed E-state index contributed by atoms with van der Waals surface area (Å²) < 4.78 is 15.6. The number of ether oxygens (including phenoxy) is 3. The van der Waals surface area contributed by atoms with Gasteiger partial charge >= 0.3 is 11.9 Å². The van der Waals surface area contributed by atoms with Crippen molar-refractivity contribution in [2.24, 2.45) is 0 Å². The lowest BCUT2D eigenvalue weighted by Crippen LogP contribution is -2.28. The molecule has 0 rings (SSSR count). The van der Waals surface area contributed by atoms with Gasteiger partial charge in [-0.2, -0.15) is 0 Å². The van der Waals surface area contributed by atoms with Crippen molar-refractivity contribution < 1.29 is 23.8 Å². The molecular formula is C27H44O5. The van der Waals surface area contributed by atoms with E-state index < -0.39 is 18.0 Å². The molecule has 0 spiro atoms. The van der Waals surface area contributed by atoms with Gasteiger partial charge in [-0.3, -0.25) is 9.59 Å². The van der Waals surface area contributed by atoms with E-state index in [1.54, 1.807) is 0 Å². The molecule has 0 fully saturated rings. The predicted octanol–water partition coefficient (Wildman–Crippen LogP) is 6.64. The minimum atomic E-state index is -0.583. The SMILES string of the molecule is CC(=O)OC[C@H](COC/C=C(\C)CC/C=C(\C)CC/C=C(\C)CCC=C(C)C)OC(C)=O. The Bertz CT molecular complexity index is 678. The van der Waals surface area contributed by atoms with Crippen molar-refractivity contribution in [3.8, 4) is 0 Å². The molecular weight excluding hydrogens is 404 g/mol. The van der Waals surface area contributed by atoms with Gasteiger partial charge in [0.05, 0.1) is 13.2 Å². The normalized spacial score (nSPS) is 13.5. The number of carbonyl (C=O) groups is 2. The van der Waals surface area contributed by atoms with E-state index in [9.17, 15) is 9.59 Å². The Hall–Kier alpha value is -2.14. The third-order valence-corrected chi connectivity index (χ3v) is 4.81. The fourth-order valence-electron chi connectivity index (χ4n) is 2.95. The van der Waals surface area contributed by atoms with Gasteiger partial charge in [0.15, 0.2) is 6.10 Å². The molecule has 0 amide bonds. The number of carbonyl (C=O) groups excluding carboxylic acids is 2. The van der Waals surface area contributed by atoms with Crippen molar-refractivity contribution in [3.05, 3.63) is 46.6 Å². The fraction of sp³-hybridized carbons (Fsp3) is 0.630. The summed E-state index contributed by atoms with van der Waals surface area (Å²) in [5.41, 5.74) is 5.54. The summed E-state index contributed by atoms with van der Waals surface area (Å²) in [5, 5.41) is 0. The Labute approximate surface area is 195 Å². The van der Waals surface area contributed by atoms with E-state index in [4.69, 9.17) is 14.2 Å². The molecule has 5 heteroatoms. The first kappa shape index (κ1) is 29.9. The van der Waals surface area contributed by atoms with Crippen LogP contribution >= 0.6 is 0 Å². The second-order valence-corrected chi connectivity index (χ2v) is 8.62. The van der Waals surface area contributed by atoms with E-state index in [-0.39, 0.29) is 13.2 Å². The molecule has 0 aromatic heterocycles. The minimum Gasteiger partial charge on any atom is -0.462 e. The van der Waals surface area contributed by atoms with Crippen LogP contribution in [-0.4, -0.2) is 37.9 Å². The summed E-state index contributed by atoms with van der Waals surface area (Å²) in [6.45, 7) is 14.1.